The van der Waals surface area contributed by atoms with E-state index in [9.17, 15) is 14.4 Å². The summed E-state index contributed by atoms with van der Waals surface area (Å²) in [5.74, 6) is 1.41. The van der Waals surface area contributed by atoms with Crippen molar-refractivity contribution >= 4 is 18.0 Å². The number of hydrogen-bond donors (Lipinski definition) is 1. The van der Waals surface area contributed by atoms with Crippen molar-refractivity contribution in [2.45, 2.75) is 43.6 Å². The van der Waals surface area contributed by atoms with E-state index in [1.165, 1.54) is 12.7 Å². The molecule has 2 saturated heterocycles. The molecule has 0 radical (unpaired) electrons. The molecule has 1 unspecified atom stereocenters. The maximum atomic E-state index is 12.9. The number of methoxy groups -OCH3 is 1. The highest BCUT2D eigenvalue weighted by atomic mass is 16.6. The van der Waals surface area contributed by atoms with Crippen LogP contribution in [0.3, 0.4) is 0 Å². The average Bonchev–Trinajstić information content (AvgIpc) is 3.03. The number of fused-ring (bicyclic) bond motifs is 1. The van der Waals surface area contributed by atoms with Crippen molar-refractivity contribution in [1.82, 2.24) is 10.2 Å². The first-order chi connectivity index (χ1) is 14.2. The summed E-state index contributed by atoms with van der Waals surface area (Å²) < 4.78 is 9.97. The number of piperidine rings is 1. The van der Waals surface area contributed by atoms with E-state index >= 15 is 0 Å². The molecular weight excluding hydrogens is 384 g/mol. The number of amides is 2. The number of rotatable bonds is 4. The summed E-state index contributed by atoms with van der Waals surface area (Å²) >= 11 is 0. The summed E-state index contributed by atoms with van der Waals surface area (Å²) in [6.07, 6.45) is 0.985. The quantitative estimate of drug-likeness (QED) is 0.767. The minimum Gasteiger partial charge on any atom is -0.468 e. The summed E-state index contributed by atoms with van der Waals surface area (Å²) in [4.78, 5) is 38.3. The summed E-state index contributed by atoms with van der Waals surface area (Å²) in [6.45, 7) is 5.74. The number of hydrogen-bond acceptors (Lipinski definition) is 5. The second kappa shape index (κ2) is 6.46. The number of likely N-dealkylation sites (tertiary alicyclic amines) is 1. The Morgan fingerprint density at radius 3 is 2.53 bits per heavy atom. The van der Waals surface area contributed by atoms with Gasteiger partial charge in [0.15, 0.2) is 0 Å². The SMILES string of the molecule is COC(=O)C(C)(C)c1cccc(C2[C@H]3CN(C(=O)C4CC5(COC(=O)N5)C4)C[C@@H]23)c1. The van der Waals surface area contributed by atoms with Gasteiger partial charge >= 0.3 is 12.1 Å². The number of cyclic esters (lactones) is 1. The third-order valence-electron chi connectivity index (χ3n) is 7.66. The van der Waals surface area contributed by atoms with Crippen molar-refractivity contribution in [3.63, 3.8) is 0 Å². The highest BCUT2D eigenvalue weighted by molar-refractivity contribution is 5.83. The molecule has 1 spiro atoms. The van der Waals surface area contributed by atoms with E-state index in [0.29, 0.717) is 37.2 Å². The summed E-state index contributed by atoms with van der Waals surface area (Å²) in [6, 6.07) is 8.25. The average molecular weight is 412 g/mol. The number of ether oxygens (including phenoxy) is 2. The number of benzene rings is 1. The molecule has 2 amide bonds. The number of esters is 1. The molecule has 1 aromatic carbocycles. The zero-order chi connectivity index (χ0) is 21.3. The van der Waals surface area contributed by atoms with Crippen molar-refractivity contribution in [2.75, 3.05) is 26.8 Å². The van der Waals surface area contributed by atoms with Crippen LogP contribution >= 0.6 is 0 Å². The van der Waals surface area contributed by atoms with Crippen molar-refractivity contribution in [3.8, 4) is 0 Å². The van der Waals surface area contributed by atoms with Crippen molar-refractivity contribution in [3.05, 3.63) is 35.4 Å². The van der Waals surface area contributed by atoms with Crippen LogP contribution in [0.25, 0.3) is 0 Å². The van der Waals surface area contributed by atoms with Crippen molar-refractivity contribution in [1.29, 1.82) is 0 Å². The van der Waals surface area contributed by atoms with E-state index in [4.69, 9.17) is 9.47 Å². The van der Waals surface area contributed by atoms with E-state index in [1.807, 2.05) is 30.9 Å². The maximum Gasteiger partial charge on any atom is 0.407 e. The minimum absolute atomic E-state index is 0.00728. The van der Waals surface area contributed by atoms with E-state index in [-0.39, 0.29) is 29.4 Å². The van der Waals surface area contributed by atoms with E-state index in [1.54, 1.807) is 0 Å². The largest absolute Gasteiger partial charge is 0.468 e. The molecule has 2 aliphatic carbocycles. The fourth-order valence-corrected chi connectivity index (χ4v) is 5.74. The second-order valence-corrected chi connectivity index (χ2v) is 9.93. The number of alkyl carbamates (subject to hydrolysis) is 1. The molecule has 2 aliphatic heterocycles. The lowest BCUT2D eigenvalue weighted by Crippen LogP contribution is -2.58. The first-order valence-corrected chi connectivity index (χ1v) is 10.7. The van der Waals surface area contributed by atoms with Crippen molar-refractivity contribution in [2.24, 2.45) is 17.8 Å². The number of carbonyl (C=O) groups excluding carboxylic acids is 3. The van der Waals surface area contributed by atoms with Crippen LogP contribution in [0.15, 0.2) is 24.3 Å². The topological polar surface area (TPSA) is 84.9 Å². The van der Waals surface area contributed by atoms with Gasteiger partial charge in [0, 0.05) is 19.0 Å². The molecular formula is C23H28N2O5. The Morgan fingerprint density at radius 1 is 1.23 bits per heavy atom. The molecule has 4 aliphatic rings. The Labute approximate surface area is 176 Å². The summed E-state index contributed by atoms with van der Waals surface area (Å²) in [5.41, 5.74) is 1.22. The number of nitrogens with zero attached hydrogens (tertiary/aromatic N) is 1. The monoisotopic (exact) mass is 412 g/mol. The smallest absolute Gasteiger partial charge is 0.407 e. The zero-order valence-corrected chi connectivity index (χ0v) is 17.6. The van der Waals surface area contributed by atoms with Crippen LogP contribution in [-0.2, 0) is 24.5 Å². The third kappa shape index (κ3) is 2.89. The predicted octanol–water partition coefficient (Wildman–Crippen LogP) is 2.20. The molecule has 4 fully saturated rings. The molecule has 2 heterocycles. The fourth-order valence-electron chi connectivity index (χ4n) is 5.74. The fraction of sp³-hybridized carbons (Fsp3) is 0.609. The van der Waals surface area contributed by atoms with Crippen LogP contribution in [-0.4, -0.2) is 55.2 Å². The molecule has 0 aromatic heterocycles. The van der Waals surface area contributed by atoms with Gasteiger partial charge in [0.05, 0.1) is 18.1 Å². The predicted molar refractivity (Wildman–Crippen MR) is 108 cm³/mol. The standard InChI is InChI=1S/C23H28N2O5/c1-22(2,20(27)29-3)15-6-4-5-13(7-15)18-16-10-25(11-17(16)18)19(26)14-8-23(9-14)12-30-21(28)24-23/h4-7,14,16-18H,8-12H2,1-3H3,(H,24,28)/t14?,16-,17+,18?,23?. The molecule has 2 saturated carbocycles. The zero-order valence-electron chi connectivity index (χ0n) is 17.6. The highest BCUT2D eigenvalue weighted by Gasteiger charge is 2.59. The van der Waals surface area contributed by atoms with Gasteiger partial charge in [-0.3, -0.25) is 9.59 Å². The summed E-state index contributed by atoms with van der Waals surface area (Å²) in [5, 5.41) is 2.85. The molecule has 160 valence electrons. The Balaban J connectivity index is 1.19. The van der Waals surface area contributed by atoms with E-state index in [0.717, 1.165) is 18.7 Å². The van der Waals surface area contributed by atoms with E-state index in [2.05, 4.69) is 17.4 Å². The Hall–Kier alpha value is -2.57. The Kier molecular flexibility index (Phi) is 4.18. The van der Waals surface area contributed by atoms with Gasteiger partial charge in [0.25, 0.3) is 0 Å². The number of carbonyl (C=O) groups is 3. The van der Waals surface area contributed by atoms with Gasteiger partial charge in [-0.25, -0.2) is 4.79 Å². The van der Waals surface area contributed by atoms with Crippen LogP contribution in [0.1, 0.15) is 43.7 Å². The Morgan fingerprint density at radius 2 is 1.93 bits per heavy atom. The van der Waals surface area contributed by atoms with Gasteiger partial charge in [0.2, 0.25) is 5.91 Å². The van der Waals surface area contributed by atoms with Gasteiger partial charge in [-0.1, -0.05) is 24.3 Å². The molecule has 1 N–H and O–H groups in total. The molecule has 7 nitrogen and oxygen atoms in total. The van der Waals surface area contributed by atoms with Gasteiger partial charge in [-0.2, -0.15) is 0 Å². The molecule has 5 rings (SSSR count). The highest BCUT2D eigenvalue weighted by Crippen LogP contribution is 2.59. The lowest BCUT2D eigenvalue weighted by molar-refractivity contribution is -0.146. The molecule has 30 heavy (non-hydrogen) atoms. The van der Waals surface area contributed by atoms with Crippen LogP contribution < -0.4 is 5.32 Å². The normalized spacial score (nSPS) is 34.1. The van der Waals surface area contributed by atoms with Crippen LogP contribution in [0.5, 0.6) is 0 Å². The summed E-state index contributed by atoms with van der Waals surface area (Å²) in [7, 11) is 1.42. The van der Waals surface area contributed by atoms with Crippen LogP contribution in [0.4, 0.5) is 4.79 Å². The van der Waals surface area contributed by atoms with E-state index < -0.39 is 5.41 Å². The first-order valence-electron chi connectivity index (χ1n) is 10.7. The third-order valence-corrected chi connectivity index (χ3v) is 7.66. The van der Waals surface area contributed by atoms with Crippen molar-refractivity contribution < 1.29 is 23.9 Å². The molecule has 0 bridgehead atoms. The van der Waals surface area contributed by atoms with Gasteiger partial charge in [0.1, 0.15) is 6.61 Å². The van der Waals surface area contributed by atoms with Gasteiger partial charge in [-0.05, 0) is 55.6 Å². The molecule has 7 heteroatoms. The Bertz CT molecular complexity index is 908. The van der Waals surface area contributed by atoms with Crippen LogP contribution in [0.2, 0.25) is 0 Å². The maximum absolute atomic E-state index is 12.9. The lowest BCUT2D eigenvalue weighted by Gasteiger charge is -2.43. The number of nitrogens with one attached hydrogen (secondary N) is 1. The van der Waals surface area contributed by atoms with Crippen LogP contribution in [0, 0.1) is 17.8 Å². The molecule has 1 aromatic rings. The lowest BCUT2D eigenvalue weighted by atomic mass is 9.68. The van der Waals surface area contributed by atoms with Gasteiger partial charge < -0.3 is 19.7 Å². The van der Waals surface area contributed by atoms with Gasteiger partial charge in [-0.15, -0.1) is 0 Å². The molecule has 3 atom stereocenters. The first kappa shape index (κ1) is 19.4. The minimum atomic E-state index is -0.684. The second-order valence-electron chi connectivity index (χ2n) is 9.93.